The van der Waals surface area contributed by atoms with E-state index in [1.807, 2.05) is 30.4 Å². The SMILES string of the molecule is C=N/C(=C1/C=CC=CC1=NCc1ccccc1)c1cccc(-n2c3ccccc3c3c4c5ccc6ccccc6c5oc4c4ccccc4c32)c1. The minimum atomic E-state index is 0.587. The van der Waals surface area contributed by atoms with Crippen LogP contribution in [0.3, 0.4) is 0 Å². The first kappa shape index (κ1) is 29.2. The molecular weight excluding hydrogens is 623 g/mol. The monoisotopic (exact) mass is 653 g/mol. The van der Waals surface area contributed by atoms with E-state index in [4.69, 9.17) is 9.41 Å². The Morgan fingerprint density at radius 1 is 0.608 bits per heavy atom. The van der Waals surface area contributed by atoms with Gasteiger partial charge in [0.15, 0.2) is 0 Å². The fraction of sp³-hybridized carbons (Fsp3) is 0.0213. The number of benzene rings is 7. The first-order chi connectivity index (χ1) is 25.3. The molecule has 0 fully saturated rings. The van der Waals surface area contributed by atoms with E-state index >= 15 is 0 Å². The van der Waals surface area contributed by atoms with Crippen molar-refractivity contribution < 1.29 is 4.42 Å². The molecule has 7 aromatic carbocycles. The summed E-state index contributed by atoms with van der Waals surface area (Å²) in [5.74, 6) is 0. The molecule has 1 aliphatic rings. The summed E-state index contributed by atoms with van der Waals surface area (Å²) in [4.78, 5) is 9.62. The van der Waals surface area contributed by atoms with Gasteiger partial charge < -0.3 is 8.98 Å². The van der Waals surface area contributed by atoms with Crippen LogP contribution >= 0.6 is 0 Å². The Labute approximate surface area is 294 Å². The highest BCUT2D eigenvalue weighted by molar-refractivity contribution is 6.37. The molecule has 2 aromatic heterocycles. The van der Waals surface area contributed by atoms with Crippen LogP contribution in [0.2, 0.25) is 0 Å². The van der Waals surface area contributed by atoms with Gasteiger partial charge in [0.1, 0.15) is 11.2 Å². The summed E-state index contributed by atoms with van der Waals surface area (Å²) in [6, 6.07) is 49.2. The van der Waals surface area contributed by atoms with Gasteiger partial charge in [0, 0.05) is 54.5 Å². The number of furan rings is 1. The lowest BCUT2D eigenvalue weighted by Gasteiger charge is -2.15. The van der Waals surface area contributed by atoms with Crippen LogP contribution in [0, 0.1) is 0 Å². The van der Waals surface area contributed by atoms with Gasteiger partial charge in [-0.25, -0.2) is 0 Å². The molecule has 0 bridgehead atoms. The van der Waals surface area contributed by atoms with Crippen LogP contribution in [0.1, 0.15) is 11.1 Å². The summed E-state index contributed by atoms with van der Waals surface area (Å²) >= 11 is 0. The Morgan fingerprint density at radius 3 is 2.22 bits per heavy atom. The van der Waals surface area contributed by atoms with Crippen LogP contribution in [-0.4, -0.2) is 17.0 Å². The molecule has 240 valence electrons. The van der Waals surface area contributed by atoms with Gasteiger partial charge in [0.05, 0.1) is 29.0 Å². The number of hydrogen-bond acceptors (Lipinski definition) is 3. The number of allylic oxidation sites excluding steroid dienone is 5. The van der Waals surface area contributed by atoms with E-state index < -0.39 is 0 Å². The summed E-state index contributed by atoms with van der Waals surface area (Å²) in [6.45, 7) is 4.63. The minimum absolute atomic E-state index is 0.587. The van der Waals surface area contributed by atoms with Crippen molar-refractivity contribution in [1.82, 2.24) is 4.57 Å². The predicted octanol–water partition coefficient (Wildman–Crippen LogP) is 12.2. The molecule has 0 unspecified atom stereocenters. The lowest BCUT2D eigenvalue weighted by molar-refractivity contribution is 0.676. The van der Waals surface area contributed by atoms with Crippen LogP contribution in [-0.2, 0) is 6.54 Å². The Morgan fingerprint density at radius 2 is 1.35 bits per heavy atom. The van der Waals surface area contributed by atoms with E-state index in [1.54, 1.807) is 0 Å². The van der Waals surface area contributed by atoms with Gasteiger partial charge in [-0.2, -0.15) is 0 Å². The summed E-state index contributed by atoms with van der Waals surface area (Å²) in [7, 11) is 0. The number of para-hydroxylation sites is 1. The second kappa shape index (κ2) is 11.7. The van der Waals surface area contributed by atoms with E-state index in [1.165, 1.54) is 16.2 Å². The molecule has 0 spiro atoms. The molecule has 0 saturated heterocycles. The topological polar surface area (TPSA) is 42.8 Å². The maximum atomic E-state index is 6.88. The van der Waals surface area contributed by atoms with Crippen molar-refractivity contribution in [2.75, 3.05) is 0 Å². The van der Waals surface area contributed by atoms with Gasteiger partial charge in [-0.1, -0.05) is 133 Å². The van der Waals surface area contributed by atoms with Gasteiger partial charge in [0.25, 0.3) is 0 Å². The van der Waals surface area contributed by atoms with Crippen LogP contribution in [0.15, 0.2) is 184 Å². The molecule has 0 aliphatic heterocycles. The van der Waals surface area contributed by atoms with Crippen molar-refractivity contribution in [2.24, 2.45) is 9.98 Å². The number of rotatable bonds is 5. The van der Waals surface area contributed by atoms with Gasteiger partial charge in [-0.3, -0.25) is 9.98 Å². The van der Waals surface area contributed by atoms with E-state index in [-0.39, 0.29) is 0 Å². The third-order valence-electron chi connectivity index (χ3n) is 10.1. The maximum absolute atomic E-state index is 6.88. The third-order valence-corrected chi connectivity index (χ3v) is 10.1. The molecule has 0 amide bonds. The number of nitrogens with zero attached hydrogens (tertiary/aromatic N) is 3. The Balaban J connectivity index is 1.25. The number of hydrogen-bond donors (Lipinski definition) is 0. The Hall–Kier alpha value is -6.78. The first-order valence-electron chi connectivity index (χ1n) is 17.2. The second-order valence-corrected chi connectivity index (χ2v) is 13.0. The average molecular weight is 654 g/mol. The maximum Gasteiger partial charge on any atom is 0.144 e. The van der Waals surface area contributed by atoms with E-state index in [0.717, 1.165) is 82.9 Å². The minimum Gasteiger partial charge on any atom is -0.455 e. The highest BCUT2D eigenvalue weighted by Crippen LogP contribution is 2.47. The van der Waals surface area contributed by atoms with E-state index in [9.17, 15) is 0 Å². The molecule has 0 radical (unpaired) electrons. The van der Waals surface area contributed by atoms with Crippen molar-refractivity contribution >= 4 is 83.4 Å². The second-order valence-electron chi connectivity index (χ2n) is 13.0. The molecule has 0 N–H and O–H groups in total. The summed E-state index contributed by atoms with van der Waals surface area (Å²) in [6.07, 6.45) is 8.19. The number of aliphatic imine (C=N–C) groups is 2. The number of aromatic nitrogens is 1. The van der Waals surface area contributed by atoms with Crippen LogP contribution in [0.25, 0.3) is 76.7 Å². The fourth-order valence-corrected chi connectivity index (χ4v) is 7.86. The summed E-state index contributed by atoms with van der Waals surface area (Å²) < 4.78 is 9.29. The molecular formula is C47H31N3O. The first-order valence-corrected chi connectivity index (χ1v) is 17.2. The average Bonchev–Trinajstić information content (AvgIpc) is 3.76. The highest BCUT2D eigenvalue weighted by Gasteiger charge is 2.24. The zero-order chi connectivity index (χ0) is 33.9. The zero-order valence-corrected chi connectivity index (χ0v) is 27.8. The lowest BCUT2D eigenvalue weighted by atomic mass is 9.98. The smallest absolute Gasteiger partial charge is 0.144 e. The molecule has 9 aromatic rings. The molecule has 4 heteroatoms. The summed E-state index contributed by atoms with van der Waals surface area (Å²) in [5.41, 5.74) is 9.94. The van der Waals surface area contributed by atoms with Gasteiger partial charge >= 0.3 is 0 Å². The van der Waals surface area contributed by atoms with Crippen LogP contribution in [0.4, 0.5) is 0 Å². The largest absolute Gasteiger partial charge is 0.455 e. The molecule has 1 aliphatic carbocycles. The lowest BCUT2D eigenvalue weighted by Crippen LogP contribution is -2.05. The predicted molar refractivity (Wildman–Crippen MR) is 215 cm³/mol. The van der Waals surface area contributed by atoms with Gasteiger partial charge in [-0.05, 0) is 48.0 Å². The normalized spacial score (nSPS) is 14.9. The summed E-state index contributed by atoms with van der Waals surface area (Å²) in [5, 5.41) is 9.16. The zero-order valence-electron chi connectivity index (χ0n) is 27.8. The van der Waals surface area contributed by atoms with E-state index in [0.29, 0.717) is 6.54 Å². The van der Waals surface area contributed by atoms with Crippen LogP contribution < -0.4 is 0 Å². The molecule has 0 saturated carbocycles. The van der Waals surface area contributed by atoms with Crippen molar-refractivity contribution in [1.29, 1.82) is 0 Å². The van der Waals surface area contributed by atoms with Crippen LogP contribution in [0.5, 0.6) is 0 Å². The standard InChI is InChI=1S/C47H31N3O/c1-48-44(37-22-9-11-24-40(37)49-29-30-14-3-2-4-15-30)32-17-13-18-33(28-32)50-41-25-12-10-23-38(41)42-43-39-27-26-31-16-5-6-19-34(31)46(39)51-47(43)36-21-8-7-20-35(36)45(42)50/h2-28H,1,29H2/b44-37-,49-40?. The molecule has 2 heterocycles. The Kier molecular flexibility index (Phi) is 6.68. The van der Waals surface area contributed by atoms with Crippen molar-refractivity contribution in [3.05, 3.63) is 181 Å². The molecule has 51 heavy (non-hydrogen) atoms. The van der Waals surface area contributed by atoms with Gasteiger partial charge in [-0.15, -0.1) is 0 Å². The highest BCUT2D eigenvalue weighted by atomic mass is 16.3. The molecule has 0 atom stereocenters. The number of fused-ring (bicyclic) bond motifs is 12. The van der Waals surface area contributed by atoms with Gasteiger partial charge in [0.2, 0.25) is 0 Å². The van der Waals surface area contributed by atoms with Crippen molar-refractivity contribution in [3.8, 4) is 5.69 Å². The van der Waals surface area contributed by atoms with Crippen molar-refractivity contribution in [2.45, 2.75) is 6.54 Å². The Bertz CT molecular complexity index is 3010. The van der Waals surface area contributed by atoms with Crippen molar-refractivity contribution in [3.63, 3.8) is 0 Å². The third kappa shape index (κ3) is 4.54. The van der Waals surface area contributed by atoms with E-state index in [2.05, 4.69) is 150 Å². The quantitative estimate of drug-likeness (QED) is 0.170. The molecule has 4 nitrogen and oxygen atoms in total. The molecule has 10 rings (SSSR count). The fourth-order valence-electron chi connectivity index (χ4n) is 7.86.